The SMILES string of the molecule is CCc1ccc(OCCF)cc1F. The van der Waals surface area contributed by atoms with Crippen molar-refractivity contribution in [1.29, 1.82) is 0 Å². The Morgan fingerprint density at radius 1 is 1.38 bits per heavy atom. The third-order valence-electron chi connectivity index (χ3n) is 1.75. The van der Waals surface area contributed by atoms with Gasteiger partial charge >= 0.3 is 0 Å². The highest BCUT2D eigenvalue weighted by atomic mass is 19.1. The Hall–Kier alpha value is -1.12. The standard InChI is InChI=1S/C10H12F2O/c1-2-8-3-4-9(7-10(8)12)13-6-5-11/h3-4,7H,2,5-6H2,1H3. The van der Waals surface area contributed by atoms with Crippen molar-refractivity contribution in [3.63, 3.8) is 0 Å². The molecule has 3 heteroatoms. The summed E-state index contributed by atoms with van der Waals surface area (Å²) in [6, 6.07) is 4.59. The minimum Gasteiger partial charge on any atom is -0.491 e. The Kier molecular flexibility index (Phi) is 3.68. The Morgan fingerprint density at radius 3 is 2.69 bits per heavy atom. The highest BCUT2D eigenvalue weighted by molar-refractivity contribution is 5.28. The van der Waals surface area contributed by atoms with E-state index in [0.717, 1.165) is 0 Å². The highest BCUT2D eigenvalue weighted by Crippen LogP contribution is 2.16. The van der Waals surface area contributed by atoms with Crippen LogP contribution >= 0.6 is 0 Å². The second-order valence-corrected chi connectivity index (χ2v) is 2.64. The van der Waals surface area contributed by atoms with E-state index in [2.05, 4.69) is 0 Å². The van der Waals surface area contributed by atoms with Crippen molar-refractivity contribution in [1.82, 2.24) is 0 Å². The number of rotatable bonds is 4. The van der Waals surface area contributed by atoms with Gasteiger partial charge in [0.15, 0.2) is 0 Å². The first-order chi connectivity index (χ1) is 6.27. The van der Waals surface area contributed by atoms with Crippen LogP contribution in [0.5, 0.6) is 5.75 Å². The third kappa shape index (κ3) is 2.68. The van der Waals surface area contributed by atoms with Gasteiger partial charge in [-0.25, -0.2) is 8.78 Å². The summed E-state index contributed by atoms with van der Waals surface area (Å²) in [7, 11) is 0. The molecular formula is C10H12F2O. The van der Waals surface area contributed by atoms with Gasteiger partial charge in [0.05, 0.1) is 0 Å². The molecule has 1 aromatic rings. The summed E-state index contributed by atoms with van der Waals surface area (Å²) in [5.74, 6) is 0.0891. The first-order valence-electron chi connectivity index (χ1n) is 4.25. The number of hydrogen-bond donors (Lipinski definition) is 0. The molecule has 0 amide bonds. The molecule has 1 nitrogen and oxygen atoms in total. The Labute approximate surface area is 76.3 Å². The van der Waals surface area contributed by atoms with E-state index < -0.39 is 6.67 Å². The fourth-order valence-electron chi connectivity index (χ4n) is 1.06. The zero-order valence-electron chi connectivity index (χ0n) is 7.52. The van der Waals surface area contributed by atoms with Crippen LogP contribution in [-0.2, 0) is 6.42 Å². The van der Waals surface area contributed by atoms with Gasteiger partial charge in [0.2, 0.25) is 0 Å². The van der Waals surface area contributed by atoms with E-state index in [-0.39, 0.29) is 12.4 Å². The summed E-state index contributed by atoms with van der Waals surface area (Å²) in [4.78, 5) is 0. The van der Waals surface area contributed by atoms with E-state index >= 15 is 0 Å². The minimum absolute atomic E-state index is 0.0229. The maximum Gasteiger partial charge on any atom is 0.130 e. The molecule has 0 unspecified atom stereocenters. The quantitative estimate of drug-likeness (QED) is 0.702. The Balaban J connectivity index is 2.71. The van der Waals surface area contributed by atoms with Gasteiger partial charge in [0.25, 0.3) is 0 Å². The monoisotopic (exact) mass is 186 g/mol. The lowest BCUT2D eigenvalue weighted by Crippen LogP contribution is -1.99. The van der Waals surface area contributed by atoms with Crippen LogP contribution in [0.15, 0.2) is 18.2 Å². The molecule has 1 aromatic carbocycles. The molecule has 0 fully saturated rings. The topological polar surface area (TPSA) is 9.23 Å². The van der Waals surface area contributed by atoms with E-state index in [9.17, 15) is 8.78 Å². The van der Waals surface area contributed by atoms with E-state index in [4.69, 9.17) is 4.74 Å². The summed E-state index contributed by atoms with van der Waals surface area (Å²) in [6.45, 7) is 1.29. The summed E-state index contributed by atoms with van der Waals surface area (Å²) in [5, 5.41) is 0. The zero-order valence-corrected chi connectivity index (χ0v) is 7.52. The molecule has 0 aromatic heterocycles. The third-order valence-corrected chi connectivity index (χ3v) is 1.75. The number of aryl methyl sites for hydroxylation is 1. The lowest BCUT2D eigenvalue weighted by Gasteiger charge is -2.05. The first-order valence-corrected chi connectivity index (χ1v) is 4.25. The van der Waals surface area contributed by atoms with E-state index in [1.165, 1.54) is 6.07 Å². The molecule has 0 N–H and O–H groups in total. The molecule has 0 aliphatic carbocycles. The summed E-state index contributed by atoms with van der Waals surface area (Å²) >= 11 is 0. The maximum absolute atomic E-state index is 13.1. The summed E-state index contributed by atoms with van der Waals surface area (Å²) < 4.78 is 29.7. The maximum atomic E-state index is 13.1. The van der Waals surface area contributed by atoms with Crippen LogP contribution in [0.2, 0.25) is 0 Å². The molecule has 0 spiro atoms. The number of alkyl halides is 1. The largest absolute Gasteiger partial charge is 0.491 e. The number of halogens is 2. The minimum atomic E-state index is -0.558. The van der Waals surface area contributed by atoms with Crippen LogP contribution in [0.25, 0.3) is 0 Å². The normalized spacial score (nSPS) is 10.1. The highest BCUT2D eigenvalue weighted by Gasteiger charge is 2.01. The van der Waals surface area contributed by atoms with Gasteiger partial charge < -0.3 is 4.74 Å². The molecule has 0 aliphatic rings. The van der Waals surface area contributed by atoms with Gasteiger partial charge in [0, 0.05) is 6.07 Å². The molecule has 13 heavy (non-hydrogen) atoms. The van der Waals surface area contributed by atoms with Gasteiger partial charge in [0.1, 0.15) is 24.8 Å². The van der Waals surface area contributed by atoms with Gasteiger partial charge in [-0.3, -0.25) is 0 Å². The predicted octanol–water partition coefficient (Wildman–Crippen LogP) is 2.74. The van der Waals surface area contributed by atoms with Crippen molar-refractivity contribution >= 4 is 0 Å². The number of benzene rings is 1. The van der Waals surface area contributed by atoms with Gasteiger partial charge in [-0.15, -0.1) is 0 Å². The molecular weight excluding hydrogens is 174 g/mol. The van der Waals surface area contributed by atoms with E-state index in [1.54, 1.807) is 12.1 Å². The van der Waals surface area contributed by atoms with Crippen LogP contribution in [0.4, 0.5) is 8.78 Å². The Bertz CT molecular complexity index is 274. The van der Waals surface area contributed by atoms with Gasteiger partial charge in [-0.1, -0.05) is 13.0 Å². The number of hydrogen-bond acceptors (Lipinski definition) is 1. The zero-order chi connectivity index (χ0) is 9.68. The second kappa shape index (κ2) is 4.80. The van der Waals surface area contributed by atoms with Crippen molar-refractivity contribution in [2.45, 2.75) is 13.3 Å². The smallest absolute Gasteiger partial charge is 0.130 e. The van der Waals surface area contributed by atoms with E-state index in [1.807, 2.05) is 6.92 Å². The summed E-state index contributed by atoms with van der Waals surface area (Å²) in [6.07, 6.45) is 0.648. The fourth-order valence-corrected chi connectivity index (χ4v) is 1.06. The molecule has 72 valence electrons. The van der Waals surface area contributed by atoms with Crippen LogP contribution in [0, 0.1) is 5.82 Å². The van der Waals surface area contributed by atoms with Crippen molar-refractivity contribution in [3.05, 3.63) is 29.6 Å². The molecule has 0 bridgehead atoms. The van der Waals surface area contributed by atoms with Crippen LogP contribution < -0.4 is 4.74 Å². The molecule has 0 radical (unpaired) electrons. The number of ether oxygens (including phenoxy) is 1. The van der Waals surface area contributed by atoms with Crippen LogP contribution in [0.3, 0.4) is 0 Å². The van der Waals surface area contributed by atoms with Crippen molar-refractivity contribution in [3.8, 4) is 5.75 Å². The first kappa shape index (κ1) is 9.96. The van der Waals surface area contributed by atoms with Crippen LogP contribution in [-0.4, -0.2) is 13.3 Å². The van der Waals surface area contributed by atoms with Crippen molar-refractivity contribution < 1.29 is 13.5 Å². The fraction of sp³-hybridized carbons (Fsp3) is 0.400. The average Bonchev–Trinajstić information content (AvgIpc) is 2.15. The molecule has 0 aliphatic heterocycles. The molecule has 0 heterocycles. The van der Waals surface area contributed by atoms with Crippen molar-refractivity contribution in [2.24, 2.45) is 0 Å². The second-order valence-electron chi connectivity index (χ2n) is 2.64. The molecule has 0 atom stereocenters. The molecule has 0 saturated carbocycles. The lowest BCUT2D eigenvalue weighted by atomic mass is 10.1. The lowest BCUT2D eigenvalue weighted by molar-refractivity contribution is 0.272. The molecule has 0 saturated heterocycles. The van der Waals surface area contributed by atoms with Crippen LogP contribution in [0.1, 0.15) is 12.5 Å². The van der Waals surface area contributed by atoms with E-state index in [0.29, 0.717) is 17.7 Å². The summed E-state index contributed by atoms with van der Waals surface area (Å²) in [5.41, 5.74) is 0.646. The predicted molar refractivity (Wildman–Crippen MR) is 47.2 cm³/mol. The van der Waals surface area contributed by atoms with Crippen molar-refractivity contribution in [2.75, 3.05) is 13.3 Å². The van der Waals surface area contributed by atoms with Gasteiger partial charge in [-0.05, 0) is 18.1 Å². The van der Waals surface area contributed by atoms with Gasteiger partial charge in [-0.2, -0.15) is 0 Å². The molecule has 1 rings (SSSR count). The average molecular weight is 186 g/mol. The Morgan fingerprint density at radius 2 is 2.15 bits per heavy atom.